The molecule has 0 bridgehead atoms. The van der Waals surface area contributed by atoms with Gasteiger partial charge in [0.1, 0.15) is 4.21 Å². The van der Waals surface area contributed by atoms with Crippen molar-refractivity contribution in [2.24, 2.45) is 0 Å². The largest absolute Gasteiger partial charge is 0.311 e. The second kappa shape index (κ2) is 8.12. The molecule has 0 radical (unpaired) electrons. The topological polar surface area (TPSA) is 66.5 Å². The Balaban J connectivity index is 2.15. The molecule has 0 spiro atoms. The fourth-order valence-corrected chi connectivity index (χ4v) is 5.09. The molecule has 1 heterocycles. The Morgan fingerprint density at radius 2 is 1.92 bits per heavy atom. The number of benzene rings is 1. The lowest BCUT2D eigenvalue weighted by atomic mass is 10.0. The molecular weight excluding hydrogens is 356 g/mol. The Labute approximate surface area is 153 Å². The maximum absolute atomic E-state index is 12.3. The predicted octanol–water partition coefficient (Wildman–Crippen LogP) is 3.26. The Morgan fingerprint density at radius 1 is 1.20 bits per heavy atom. The summed E-state index contributed by atoms with van der Waals surface area (Å²) >= 11 is 1.23. The Morgan fingerprint density at radius 3 is 2.48 bits per heavy atom. The third-order valence-electron chi connectivity index (χ3n) is 3.96. The van der Waals surface area contributed by atoms with Crippen LogP contribution in [-0.4, -0.2) is 27.4 Å². The van der Waals surface area contributed by atoms with Crippen LogP contribution in [-0.2, 0) is 21.2 Å². The zero-order valence-corrected chi connectivity index (χ0v) is 16.6. The highest BCUT2D eigenvalue weighted by molar-refractivity contribution is 7.91. The molecule has 0 aliphatic heterocycles. The standard InChI is InChI=1S/C18H24N2O3S2/c1-5-16-8-6-7-13(2)18(16)20(15(4)21)12-11-19-25(22,23)17-10-9-14(3)24-17/h6-10,19H,5,11-12H2,1-4H3. The molecule has 0 aliphatic rings. The summed E-state index contributed by atoms with van der Waals surface area (Å²) < 4.78 is 27.5. The van der Waals surface area contributed by atoms with Gasteiger partial charge in [0.05, 0.1) is 0 Å². The van der Waals surface area contributed by atoms with Crippen LogP contribution in [0, 0.1) is 13.8 Å². The molecular formula is C18H24N2O3S2. The number of thiophene rings is 1. The van der Waals surface area contributed by atoms with E-state index in [0.717, 1.165) is 28.1 Å². The van der Waals surface area contributed by atoms with Gasteiger partial charge in [-0.15, -0.1) is 11.3 Å². The highest BCUT2D eigenvalue weighted by Crippen LogP contribution is 2.26. The first kappa shape index (κ1) is 19.6. The maximum Gasteiger partial charge on any atom is 0.250 e. The lowest BCUT2D eigenvalue weighted by Crippen LogP contribution is -2.38. The van der Waals surface area contributed by atoms with Gasteiger partial charge in [-0.1, -0.05) is 25.1 Å². The molecule has 0 atom stereocenters. The first-order valence-electron chi connectivity index (χ1n) is 8.19. The van der Waals surface area contributed by atoms with E-state index >= 15 is 0 Å². The summed E-state index contributed by atoms with van der Waals surface area (Å²) in [6, 6.07) is 9.31. The molecule has 2 aromatic rings. The average molecular weight is 381 g/mol. The summed E-state index contributed by atoms with van der Waals surface area (Å²) in [4.78, 5) is 14.7. The van der Waals surface area contributed by atoms with Gasteiger partial charge >= 0.3 is 0 Å². The molecule has 1 N–H and O–H groups in total. The lowest BCUT2D eigenvalue weighted by Gasteiger charge is -2.26. The van der Waals surface area contributed by atoms with E-state index in [1.54, 1.807) is 17.0 Å². The van der Waals surface area contributed by atoms with Crippen molar-refractivity contribution in [2.45, 2.75) is 38.3 Å². The van der Waals surface area contributed by atoms with Gasteiger partial charge in [0.15, 0.2) is 0 Å². The summed E-state index contributed by atoms with van der Waals surface area (Å²) in [5.41, 5.74) is 2.96. The molecule has 7 heteroatoms. The van der Waals surface area contributed by atoms with Crippen LogP contribution in [0.25, 0.3) is 0 Å². The first-order valence-corrected chi connectivity index (χ1v) is 10.5. The molecule has 0 unspecified atom stereocenters. The molecule has 136 valence electrons. The van der Waals surface area contributed by atoms with Gasteiger partial charge in [0, 0.05) is 30.6 Å². The van der Waals surface area contributed by atoms with Gasteiger partial charge in [-0.3, -0.25) is 4.79 Å². The Hall–Kier alpha value is -1.70. The van der Waals surface area contributed by atoms with Crippen molar-refractivity contribution >= 4 is 33.0 Å². The zero-order chi connectivity index (χ0) is 18.6. The molecule has 1 amide bonds. The minimum absolute atomic E-state index is 0.102. The number of aryl methyl sites for hydroxylation is 3. The van der Waals surface area contributed by atoms with Crippen LogP contribution in [0.3, 0.4) is 0 Å². The number of carbonyl (C=O) groups excluding carboxylic acids is 1. The van der Waals surface area contributed by atoms with Gasteiger partial charge in [0.25, 0.3) is 0 Å². The van der Waals surface area contributed by atoms with Crippen molar-refractivity contribution in [3.8, 4) is 0 Å². The van der Waals surface area contributed by atoms with E-state index in [1.165, 1.54) is 18.3 Å². The van der Waals surface area contributed by atoms with E-state index in [1.807, 2.05) is 39.0 Å². The first-order chi connectivity index (χ1) is 11.8. The summed E-state index contributed by atoms with van der Waals surface area (Å²) in [5.74, 6) is -0.102. The summed E-state index contributed by atoms with van der Waals surface area (Å²) in [5, 5.41) is 0. The molecule has 2 rings (SSSR count). The minimum Gasteiger partial charge on any atom is -0.311 e. The van der Waals surface area contributed by atoms with Gasteiger partial charge < -0.3 is 4.90 Å². The number of rotatable bonds is 7. The van der Waals surface area contributed by atoms with E-state index in [-0.39, 0.29) is 19.0 Å². The van der Waals surface area contributed by atoms with Crippen molar-refractivity contribution in [3.05, 3.63) is 46.3 Å². The van der Waals surface area contributed by atoms with Crippen molar-refractivity contribution in [1.29, 1.82) is 0 Å². The van der Waals surface area contributed by atoms with Crippen molar-refractivity contribution in [3.63, 3.8) is 0 Å². The molecule has 25 heavy (non-hydrogen) atoms. The minimum atomic E-state index is -3.54. The fraction of sp³-hybridized carbons (Fsp3) is 0.389. The van der Waals surface area contributed by atoms with Crippen LogP contribution in [0.15, 0.2) is 34.5 Å². The smallest absolute Gasteiger partial charge is 0.250 e. The molecule has 1 aromatic heterocycles. The summed E-state index contributed by atoms with van der Waals surface area (Å²) in [6.07, 6.45) is 0.807. The number of hydrogen-bond acceptors (Lipinski definition) is 4. The molecule has 0 fully saturated rings. The number of carbonyl (C=O) groups is 1. The van der Waals surface area contributed by atoms with Crippen LogP contribution < -0.4 is 9.62 Å². The van der Waals surface area contributed by atoms with Crippen LogP contribution in [0.5, 0.6) is 0 Å². The van der Waals surface area contributed by atoms with E-state index in [4.69, 9.17) is 0 Å². The van der Waals surface area contributed by atoms with Crippen molar-refractivity contribution < 1.29 is 13.2 Å². The second-order valence-corrected chi connectivity index (χ2v) is 9.15. The third kappa shape index (κ3) is 4.68. The third-order valence-corrected chi connectivity index (χ3v) is 6.91. The summed E-state index contributed by atoms with van der Waals surface area (Å²) in [6.45, 7) is 7.82. The lowest BCUT2D eigenvalue weighted by molar-refractivity contribution is -0.116. The molecule has 1 aromatic carbocycles. The molecule has 5 nitrogen and oxygen atoms in total. The quantitative estimate of drug-likeness (QED) is 0.802. The fourth-order valence-electron chi connectivity index (χ4n) is 2.74. The molecule has 0 aliphatic carbocycles. The van der Waals surface area contributed by atoms with E-state index in [0.29, 0.717) is 4.21 Å². The summed E-state index contributed by atoms with van der Waals surface area (Å²) in [7, 11) is -3.54. The zero-order valence-electron chi connectivity index (χ0n) is 15.0. The maximum atomic E-state index is 12.3. The monoisotopic (exact) mass is 380 g/mol. The number of nitrogens with zero attached hydrogens (tertiary/aromatic N) is 1. The highest BCUT2D eigenvalue weighted by atomic mass is 32.2. The van der Waals surface area contributed by atoms with Crippen LogP contribution in [0.1, 0.15) is 29.9 Å². The van der Waals surface area contributed by atoms with Crippen molar-refractivity contribution in [1.82, 2.24) is 4.72 Å². The van der Waals surface area contributed by atoms with Crippen LogP contribution in [0.2, 0.25) is 0 Å². The van der Waals surface area contributed by atoms with Crippen LogP contribution >= 0.6 is 11.3 Å². The number of anilines is 1. The van der Waals surface area contributed by atoms with Crippen molar-refractivity contribution in [2.75, 3.05) is 18.0 Å². The number of sulfonamides is 1. The second-order valence-electron chi connectivity index (χ2n) is 5.87. The van der Waals surface area contributed by atoms with E-state index < -0.39 is 10.0 Å². The predicted molar refractivity (Wildman–Crippen MR) is 103 cm³/mol. The van der Waals surface area contributed by atoms with E-state index in [2.05, 4.69) is 4.72 Å². The molecule has 0 saturated carbocycles. The Kier molecular flexibility index (Phi) is 6.37. The highest BCUT2D eigenvalue weighted by Gasteiger charge is 2.19. The number of hydrogen-bond donors (Lipinski definition) is 1. The number of para-hydroxylation sites is 1. The number of amides is 1. The Bertz CT molecular complexity index is 857. The van der Waals surface area contributed by atoms with E-state index in [9.17, 15) is 13.2 Å². The van der Waals surface area contributed by atoms with Gasteiger partial charge in [-0.05, 0) is 43.5 Å². The SMILES string of the molecule is CCc1cccc(C)c1N(CCNS(=O)(=O)c1ccc(C)s1)C(C)=O. The van der Waals surface area contributed by atoms with Gasteiger partial charge in [-0.2, -0.15) is 0 Å². The van der Waals surface area contributed by atoms with Gasteiger partial charge in [0.2, 0.25) is 15.9 Å². The number of nitrogens with one attached hydrogen (secondary N) is 1. The van der Waals surface area contributed by atoms with Crippen LogP contribution in [0.4, 0.5) is 5.69 Å². The molecule has 0 saturated heterocycles. The van der Waals surface area contributed by atoms with Gasteiger partial charge in [-0.25, -0.2) is 13.1 Å². The average Bonchev–Trinajstić information content (AvgIpc) is 2.99. The normalized spacial score (nSPS) is 11.5.